The molecule has 6 nitrogen and oxygen atoms in total. The molecule has 108 valence electrons. The normalized spacial score (nSPS) is 11.6. The summed E-state index contributed by atoms with van der Waals surface area (Å²) >= 11 is 3.01. The van der Waals surface area contributed by atoms with E-state index >= 15 is 0 Å². The fourth-order valence-electron chi connectivity index (χ4n) is 1.63. The Labute approximate surface area is 123 Å². The molecule has 0 atom stereocenters. The van der Waals surface area contributed by atoms with E-state index in [4.69, 9.17) is 5.73 Å². The van der Waals surface area contributed by atoms with Crippen LogP contribution in [0.4, 0.5) is 10.1 Å². The van der Waals surface area contributed by atoms with Gasteiger partial charge in [-0.1, -0.05) is 0 Å². The minimum atomic E-state index is -3.86. The van der Waals surface area contributed by atoms with Gasteiger partial charge in [0.1, 0.15) is 5.82 Å². The van der Waals surface area contributed by atoms with Gasteiger partial charge in [0.05, 0.1) is 16.4 Å². The average molecular weight is 363 g/mol. The van der Waals surface area contributed by atoms with E-state index in [0.29, 0.717) is 11.1 Å². The number of aromatic amines is 1. The number of aromatic nitrogens is 2. The molecule has 0 aliphatic carbocycles. The molecule has 2 aromatic rings. The maximum absolute atomic E-state index is 13.3. The van der Waals surface area contributed by atoms with Gasteiger partial charge in [-0.3, -0.25) is 9.82 Å². The number of halogens is 2. The minimum Gasteiger partial charge on any atom is -0.326 e. The molecular weight excluding hydrogens is 351 g/mol. The van der Waals surface area contributed by atoms with Crippen molar-refractivity contribution in [1.82, 2.24) is 10.2 Å². The zero-order valence-corrected chi connectivity index (χ0v) is 12.8. The van der Waals surface area contributed by atoms with Crippen molar-refractivity contribution >= 4 is 31.6 Å². The van der Waals surface area contributed by atoms with Crippen molar-refractivity contribution in [1.29, 1.82) is 0 Å². The number of nitrogens with zero attached hydrogens (tertiary/aromatic N) is 1. The Bertz CT molecular complexity index is 745. The molecule has 9 heteroatoms. The van der Waals surface area contributed by atoms with E-state index in [2.05, 4.69) is 30.8 Å². The number of H-pyrrole nitrogens is 1. The molecule has 1 heterocycles. The van der Waals surface area contributed by atoms with Crippen LogP contribution in [0.1, 0.15) is 11.1 Å². The van der Waals surface area contributed by atoms with E-state index in [0.717, 1.165) is 0 Å². The van der Waals surface area contributed by atoms with Crippen molar-refractivity contribution in [3.63, 3.8) is 0 Å². The van der Waals surface area contributed by atoms with E-state index in [1.807, 2.05) is 0 Å². The monoisotopic (exact) mass is 362 g/mol. The Morgan fingerprint density at radius 3 is 2.85 bits per heavy atom. The molecule has 20 heavy (non-hydrogen) atoms. The average Bonchev–Trinajstić information content (AvgIpc) is 2.84. The number of anilines is 1. The lowest BCUT2D eigenvalue weighted by atomic mass is 10.2. The van der Waals surface area contributed by atoms with Gasteiger partial charge in [0.2, 0.25) is 0 Å². The third-order valence-electron chi connectivity index (χ3n) is 2.68. The lowest BCUT2D eigenvalue weighted by Crippen LogP contribution is -2.17. The predicted molar refractivity (Wildman–Crippen MR) is 76.1 cm³/mol. The first-order valence-corrected chi connectivity index (χ1v) is 7.83. The zero-order chi connectivity index (χ0) is 14.9. The number of rotatable bonds is 4. The van der Waals surface area contributed by atoms with Gasteiger partial charge in [-0.05, 0) is 40.5 Å². The number of nitrogens with two attached hydrogens (primary N) is 1. The number of hydrogen-bond acceptors (Lipinski definition) is 4. The second-order valence-corrected chi connectivity index (χ2v) is 6.59. The van der Waals surface area contributed by atoms with E-state index < -0.39 is 15.8 Å². The van der Waals surface area contributed by atoms with Gasteiger partial charge in [-0.25, -0.2) is 4.39 Å². The van der Waals surface area contributed by atoms with Crippen LogP contribution in [0.25, 0.3) is 0 Å². The lowest BCUT2D eigenvalue weighted by molar-refractivity contribution is 0.595. The molecule has 2 rings (SSSR count). The maximum Gasteiger partial charge on any atom is 0.279 e. The third kappa shape index (κ3) is 2.84. The smallest absolute Gasteiger partial charge is 0.279 e. The molecule has 1 aromatic heterocycles. The molecule has 0 saturated carbocycles. The fraction of sp³-hybridized carbons (Fsp3) is 0.182. The Morgan fingerprint density at radius 1 is 1.50 bits per heavy atom. The van der Waals surface area contributed by atoms with Crippen LogP contribution in [0, 0.1) is 12.7 Å². The van der Waals surface area contributed by atoms with Crippen molar-refractivity contribution < 1.29 is 12.8 Å². The lowest BCUT2D eigenvalue weighted by Gasteiger charge is -2.11. The van der Waals surface area contributed by atoms with E-state index in [1.54, 1.807) is 6.92 Å². The van der Waals surface area contributed by atoms with Crippen molar-refractivity contribution in [2.24, 2.45) is 5.73 Å². The second kappa shape index (κ2) is 5.51. The molecule has 0 fully saturated rings. The van der Waals surface area contributed by atoms with Crippen molar-refractivity contribution in [2.75, 3.05) is 4.72 Å². The van der Waals surface area contributed by atoms with Gasteiger partial charge >= 0.3 is 0 Å². The summed E-state index contributed by atoms with van der Waals surface area (Å²) in [5, 5.41) is 5.96. The highest BCUT2D eigenvalue weighted by atomic mass is 79.9. The fourth-order valence-corrected chi connectivity index (χ4v) is 3.24. The predicted octanol–water partition coefficient (Wildman–Crippen LogP) is 1.88. The summed E-state index contributed by atoms with van der Waals surface area (Å²) in [5.74, 6) is -0.463. The quantitative estimate of drug-likeness (QED) is 0.772. The highest BCUT2D eigenvalue weighted by Gasteiger charge is 2.21. The summed E-state index contributed by atoms with van der Waals surface area (Å²) < 4.78 is 40.4. The van der Waals surface area contributed by atoms with Crippen LogP contribution in [0.15, 0.2) is 27.8 Å². The van der Waals surface area contributed by atoms with Gasteiger partial charge in [0.25, 0.3) is 10.0 Å². The van der Waals surface area contributed by atoms with E-state index in [-0.39, 0.29) is 21.7 Å². The Kier molecular flexibility index (Phi) is 4.11. The van der Waals surface area contributed by atoms with Crippen LogP contribution >= 0.6 is 15.9 Å². The maximum atomic E-state index is 13.3. The topological polar surface area (TPSA) is 101 Å². The summed E-state index contributed by atoms with van der Waals surface area (Å²) in [4.78, 5) is 0. The van der Waals surface area contributed by atoms with E-state index in [1.165, 1.54) is 18.3 Å². The second-order valence-electron chi connectivity index (χ2n) is 4.12. The molecule has 0 aliphatic rings. The van der Waals surface area contributed by atoms with Crippen LogP contribution in [-0.4, -0.2) is 18.6 Å². The Morgan fingerprint density at radius 2 is 2.20 bits per heavy atom. The van der Waals surface area contributed by atoms with Crippen molar-refractivity contribution in [3.05, 3.63) is 39.7 Å². The molecular formula is C11H12BrFN4O2S. The molecule has 0 bridgehead atoms. The first kappa shape index (κ1) is 14.9. The van der Waals surface area contributed by atoms with Crippen LogP contribution in [-0.2, 0) is 16.6 Å². The number of hydrogen-bond donors (Lipinski definition) is 3. The molecule has 0 amide bonds. The van der Waals surface area contributed by atoms with Crippen molar-refractivity contribution in [3.8, 4) is 0 Å². The largest absolute Gasteiger partial charge is 0.326 e. The standard InChI is InChI=1S/C11H12BrFN4O2S/c1-6-2-9(13)8(12)3-10(6)17-20(18,19)11-7(4-14)5-15-16-11/h2-3,5,17H,4,14H2,1H3,(H,15,16). The summed E-state index contributed by atoms with van der Waals surface area (Å²) in [7, 11) is -3.86. The van der Waals surface area contributed by atoms with Crippen LogP contribution < -0.4 is 10.5 Å². The van der Waals surface area contributed by atoms with Gasteiger partial charge in [-0.15, -0.1) is 0 Å². The van der Waals surface area contributed by atoms with Crippen LogP contribution in [0.3, 0.4) is 0 Å². The van der Waals surface area contributed by atoms with Gasteiger partial charge in [0.15, 0.2) is 5.03 Å². The minimum absolute atomic E-state index is 0.0405. The zero-order valence-electron chi connectivity index (χ0n) is 10.4. The first-order chi connectivity index (χ1) is 9.35. The van der Waals surface area contributed by atoms with Crippen LogP contribution in [0.5, 0.6) is 0 Å². The number of benzene rings is 1. The first-order valence-electron chi connectivity index (χ1n) is 5.56. The highest BCUT2D eigenvalue weighted by Crippen LogP contribution is 2.26. The van der Waals surface area contributed by atoms with Crippen LogP contribution in [0.2, 0.25) is 0 Å². The highest BCUT2D eigenvalue weighted by molar-refractivity contribution is 9.10. The summed E-state index contributed by atoms with van der Waals surface area (Å²) in [5.41, 5.74) is 6.56. The summed E-state index contributed by atoms with van der Waals surface area (Å²) in [6.45, 7) is 1.64. The molecule has 0 radical (unpaired) electrons. The van der Waals surface area contributed by atoms with Gasteiger partial charge in [-0.2, -0.15) is 13.5 Å². The number of aryl methyl sites for hydroxylation is 1. The summed E-state index contributed by atoms with van der Waals surface area (Å²) in [6.07, 6.45) is 1.35. The molecule has 4 N–H and O–H groups in total. The third-order valence-corrected chi connectivity index (χ3v) is 4.67. The molecule has 0 unspecified atom stereocenters. The Hall–Kier alpha value is -1.45. The SMILES string of the molecule is Cc1cc(F)c(Br)cc1NS(=O)(=O)c1[nH]ncc1CN. The van der Waals surface area contributed by atoms with Crippen molar-refractivity contribution in [2.45, 2.75) is 18.5 Å². The Balaban J connectivity index is 2.41. The molecule has 0 aliphatic heterocycles. The number of nitrogens with one attached hydrogen (secondary N) is 2. The molecule has 0 saturated heterocycles. The molecule has 0 spiro atoms. The van der Waals surface area contributed by atoms with E-state index in [9.17, 15) is 12.8 Å². The molecule has 1 aromatic carbocycles. The van der Waals surface area contributed by atoms with Gasteiger partial charge in [0, 0.05) is 12.1 Å². The summed E-state index contributed by atoms with van der Waals surface area (Å²) in [6, 6.07) is 2.60. The van der Waals surface area contributed by atoms with Gasteiger partial charge < -0.3 is 5.73 Å². The number of sulfonamides is 1.